The summed E-state index contributed by atoms with van der Waals surface area (Å²) >= 11 is 0. The second kappa shape index (κ2) is 5.67. The maximum atomic E-state index is 9.25. The number of nitriles is 2. The third-order valence-electron chi connectivity index (χ3n) is 3.80. The molecular formula is C15H17N3. The van der Waals surface area contributed by atoms with Crippen LogP contribution in [0.4, 0.5) is 0 Å². The van der Waals surface area contributed by atoms with E-state index >= 15 is 0 Å². The largest absolute Gasteiger partial charge is 0.304 e. The molecule has 1 heterocycles. The quantitative estimate of drug-likeness (QED) is 0.797. The van der Waals surface area contributed by atoms with Crippen LogP contribution in [-0.2, 0) is 0 Å². The Bertz CT molecular complexity index is 499. The molecule has 0 radical (unpaired) electrons. The molecule has 0 saturated carbocycles. The van der Waals surface area contributed by atoms with Crippen LogP contribution in [0.1, 0.15) is 42.4 Å². The van der Waals surface area contributed by atoms with E-state index in [2.05, 4.69) is 24.0 Å². The number of benzene rings is 1. The van der Waals surface area contributed by atoms with Crippen molar-refractivity contribution in [1.29, 1.82) is 10.5 Å². The lowest BCUT2D eigenvalue weighted by atomic mass is 9.85. The Balaban J connectivity index is 2.25. The minimum Gasteiger partial charge on any atom is -0.304 e. The van der Waals surface area contributed by atoms with E-state index < -0.39 is 0 Å². The minimum atomic E-state index is 0.427. The number of nitrogens with zero attached hydrogens (tertiary/aromatic N) is 3. The summed E-state index contributed by atoms with van der Waals surface area (Å²) in [5.41, 5.74) is 2.15. The molecule has 3 nitrogen and oxygen atoms in total. The van der Waals surface area contributed by atoms with Crippen molar-refractivity contribution < 1.29 is 0 Å². The molecule has 1 aliphatic heterocycles. The Morgan fingerprint density at radius 2 is 1.94 bits per heavy atom. The van der Waals surface area contributed by atoms with Gasteiger partial charge in [0.25, 0.3) is 0 Å². The smallest absolute Gasteiger partial charge is 0.101 e. The van der Waals surface area contributed by atoms with Gasteiger partial charge in [-0.05, 0) is 50.0 Å². The Kier molecular flexibility index (Phi) is 3.97. The maximum Gasteiger partial charge on any atom is 0.101 e. The molecule has 2 rings (SSSR count). The van der Waals surface area contributed by atoms with E-state index in [-0.39, 0.29) is 0 Å². The van der Waals surface area contributed by atoms with Gasteiger partial charge in [0.2, 0.25) is 0 Å². The van der Waals surface area contributed by atoms with Gasteiger partial charge in [0.05, 0.1) is 11.1 Å². The Hall–Kier alpha value is -1.84. The van der Waals surface area contributed by atoms with Crippen LogP contribution in [0.2, 0.25) is 0 Å². The van der Waals surface area contributed by atoms with Crippen molar-refractivity contribution >= 4 is 0 Å². The normalized spacial score (nSPS) is 17.1. The molecular weight excluding hydrogens is 222 g/mol. The monoisotopic (exact) mass is 239 g/mol. The number of hydrogen-bond donors (Lipinski definition) is 0. The highest BCUT2D eigenvalue weighted by Crippen LogP contribution is 2.31. The average Bonchev–Trinajstić information content (AvgIpc) is 2.46. The average molecular weight is 239 g/mol. The molecule has 0 aromatic heterocycles. The van der Waals surface area contributed by atoms with E-state index in [0.717, 1.165) is 38.0 Å². The predicted molar refractivity (Wildman–Crippen MR) is 70.0 cm³/mol. The Morgan fingerprint density at radius 1 is 1.22 bits per heavy atom. The summed E-state index contributed by atoms with van der Waals surface area (Å²) in [4.78, 5) is 2.43. The summed E-state index contributed by atoms with van der Waals surface area (Å²) in [6.45, 7) is 5.44. The van der Waals surface area contributed by atoms with Gasteiger partial charge in [-0.2, -0.15) is 10.5 Å². The van der Waals surface area contributed by atoms with Crippen LogP contribution in [0.15, 0.2) is 18.2 Å². The van der Waals surface area contributed by atoms with Gasteiger partial charge in [0.1, 0.15) is 12.1 Å². The number of rotatable bonds is 2. The van der Waals surface area contributed by atoms with E-state index in [4.69, 9.17) is 5.26 Å². The van der Waals surface area contributed by atoms with E-state index in [0.29, 0.717) is 17.0 Å². The fourth-order valence-corrected chi connectivity index (χ4v) is 2.69. The van der Waals surface area contributed by atoms with Crippen LogP contribution in [0.25, 0.3) is 0 Å². The Morgan fingerprint density at radius 3 is 2.50 bits per heavy atom. The molecule has 0 unspecified atom stereocenters. The number of hydrogen-bond acceptors (Lipinski definition) is 3. The molecule has 92 valence electrons. The molecule has 1 saturated heterocycles. The van der Waals surface area contributed by atoms with Crippen molar-refractivity contribution in [2.24, 2.45) is 0 Å². The highest BCUT2D eigenvalue weighted by molar-refractivity contribution is 5.51. The SMILES string of the molecule is CCN1CCC(c2cccc(C#N)c2C#N)CC1. The van der Waals surface area contributed by atoms with Crippen molar-refractivity contribution in [3.05, 3.63) is 34.9 Å². The zero-order valence-electron chi connectivity index (χ0n) is 10.7. The van der Waals surface area contributed by atoms with Gasteiger partial charge < -0.3 is 4.90 Å². The highest BCUT2D eigenvalue weighted by atomic mass is 15.1. The number of piperidine rings is 1. The van der Waals surface area contributed by atoms with E-state index in [9.17, 15) is 5.26 Å². The predicted octanol–water partition coefficient (Wildman–Crippen LogP) is 2.63. The topological polar surface area (TPSA) is 50.8 Å². The van der Waals surface area contributed by atoms with Gasteiger partial charge >= 0.3 is 0 Å². The molecule has 0 aliphatic carbocycles. The molecule has 0 N–H and O–H groups in total. The third kappa shape index (κ3) is 2.37. The molecule has 18 heavy (non-hydrogen) atoms. The first-order chi connectivity index (χ1) is 8.80. The van der Waals surface area contributed by atoms with E-state index in [1.165, 1.54) is 0 Å². The van der Waals surface area contributed by atoms with Crippen LogP contribution in [0, 0.1) is 22.7 Å². The first-order valence-corrected chi connectivity index (χ1v) is 6.45. The van der Waals surface area contributed by atoms with Crippen LogP contribution in [-0.4, -0.2) is 24.5 Å². The van der Waals surface area contributed by atoms with Crippen LogP contribution < -0.4 is 0 Å². The summed E-state index contributed by atoms with van der Waals surface area (Å²) < 4.78 is 0. The summed E-state index contributed by atoms with van der Waals surface area (Å²) in [6.07, 6.45) is 2.16. The zero-order valence-corrected chi connectivity index (χ0v) is 10.7. The molecule has 1 aromatic rings. The molecule has 1 fully saturated rings. The third-order valence-corrected chi connectivity index (χ3v) is 3.80. The second-order valence-corrected chi connectivity index (χ2v) is 4.70. The lowest BCUT2D eigenvalue weighted by Gasteiger charge is -2.31. The van der Waals surface area contributed by atoms with Crippen molar-refractivity contribution in [2.45, 2.75) is 25.7 Å². The zero-order chi connectivity index (χ0) is 13.0. The van der Waals surface area contributed by atoms with Gasteiger partial charge in [-0.1, -0.05) is 19.1 Å². The van der Waals surface area contributed by atoms with Gasteiger partial charge in [-0.15, -0.1) is 0 Å². The van der Waals surface area contributed by atoms with Crippen molar-refractivity contribution in [2.75, 3.05) is 19.6 Å². The maximum absolute atomic E-state index is 9.25. The van der Waals surface area contributed by atoms with Crippen LogP contribution in [0.5, 0.6) is 0 Å². The van der Waals surface area contributed by atoms with Crippen LogP contribution in [0.3, 0.4) is 0 Å². The highest BCUT2D eigenvalue weighted by Gasteiger charge is 2.22. The first kappa shape index (κ1) is 12.6. The summed E-state index contributed by atoms with van der Waals surface area (Å²) in [7, 11) is 0. The fourth-order valence-electron chi connectivity index (χ4n) is 2.69. The molecule has 3 heteroatoms. The van der Waals surface area contributed by atoms with Gasteiger partial charge in [-0.25, -0.2) is 0 Å². The van der Waals surface area contributed by atoms with Gasteiger partial charge in [-0.3, -0.25) is 0 Å². The standard InChI is InChI=1S/C15H17N3/c1-2-18-8-6-12(7-9-18)14-5-3-4-13(10-16)15(14)11-17/h3-5,12H,2,6-9H2,1H3. The molecule has 1 aliphatic rings. The van der Waals surface area contributed by atoms with Crippen molar-refractivity contribution in [3.63, 3.8) is 0 Å². The van der Waals surface area contributed by atoms with Gasteiger partial charge in [0.15, 0.2) is 0 Å². The number of likely N-dealkylation sites (tertiary alicyclic amines) is 1. The summed E-state index contributed by atoms with van der Waals surface area (Å²) in [5.74, 6) is 0.427. The van der Waals surface area contributed by atoms with E-state index in [1.807, 2.05) is 12.1 Å². The molecule has 0 atom stereocenters. The minimum absolute atomic E-state index is 0.427. The molecule has 0 amide bonds. The molecule has 0 bridgehead atoms. The van der Waals surface area contributed by atoms with Crippen molar-refractivity contribution in [3.8, 4) is 12.1 Å². The fraction of sp³-hybridized carbons (Fsp3) is 0.467. The van der Waals surface area contributed by atoms with Gasteiger partial charge in [0, 0.05) is 0 Å². The van der Waals surface area contributed by atoms with Crippen LogP contribution >= 0.6 is 0 Å². The molecule has 0 spiro atoms. The van der Waals surface area contributed by atoms with Crippen molar-refractivity contribution in [1.82, 2.24) is 4.90 Å². The molecule has 1 aromatic carbocycles. The Labute approximate surface area is 108 Å². The lowest BCUT2D eigenvalue weighted by Crippen LogP contribution is -2.32. The second-order valence-electron chi connectivity index (χ2n) is 4.70. The first-order valence-electron chi connectivity index (χ1n) is 6.45. The summed E-state index contributed by atoms with van der Waals surface area (Å²) in [6, 6.07) is 9.94. The van der Waals surface area contributed by atoms with E-state index in [1.54, 1.807) is 6.07 Å². The lowest BCUT2D eigenvalue weighted by molar-refractivity contribution is 0.222. The summed E-state index contributed by atoms with van der Waals surface area (Å²) in [5, 5.41) is 18.3.